The number of nitrogens with zero attached hydrogens (tertiary/aromatic N) is 3. The fraction of sp³-hybridized carbons (Fsp3) is 0.175. The maximum absolute atomic E-state index is 4.78. The van der Waals surface area contributed by atoms with E-state index in [4.69, 9.17) is 4.99 Å². The molecule has 0 saturated carbocycles. The van der Waals surface area contributed by atoms with Gasteiger partial charge in [0.25, 0.3) is 0 Å². The average Bonchev–Trinajstić information content (AvgIpc) is 3.73. The first-order valence-electron chi connectivity index (χ1n) is 15.5. The summed E-state index contributed by atoms with van der Waals surface area (Å²) in [4.78, 5) is 16.5. The first kappa shape index (κ1) is 29.3. The molecule has 0 aliphatic heterocycles. The summed E-state index contributed by atoms with van der Waals surface area (Å²) in [6.07, 6.45) is 9.17. The molecule has 4 aromatic carbocycles. The predicted molar refractivity (Wildman–Crippen MR) is 200 cm³/mol. The first-order valence-corrected chi connectivity index (χ1v) is 17.1. The summed E-state index contributed by atoms with van der Waals surface area (Å²) in [7, 11) is 0. The van der Waals surface area contributed by atoms with Crippen molar-refractivity contribution >= 4 is 89.7 Å². The van der Waals surface area contributed by atoms with Crippen molar-refractivity contribution in [3.05, 3.63) is 123 Å². The van der Waals surface area contributed by atoms with Crippen molar-refractivity contribution in [2.75, 3.05) is 0 Å². The molecule has 7 rings (SSSR count). The molecule has 222 valence electrons. The molecule has 0 N–H and O–H groups in total. The minimum Gasteiger partial charge on any atom is -0.262 e. The number of hydrogen-bond acceptors (Lipinski definition) is 5. The number of benzene rings is 4. The zero-order valence-electron chi connectivity index (χ0n) is 26.1. The fourth-order valence-electron chi connectivity index (χ4n) is 6.41. The lowest BCUT2D eigenvalue weighted by Crippen LogP contribution is -1.89. The van der Waals surface area contributed by atoms with Gasteiger partial charge < -0.3 is 0 Å². The molecule has 0 unspecified atom stereocenters. The minimum absolute atomic E-state index is 0.903. The Labute approximate surface area is 273 Å². The Morgan fingerprint density at radius 1 is 0.556 bits per heavy atom. The molecule has 0 fully saturated rings. The third kappa shape index (κ3) is 5.98. The van der Waals surface area contributed by atoms with Crippen molar-refractivity contribution in [3.8, 4) is 0 Å². The van der Waals surface area contributed by atoms with E-state index in [1.54, 1.807) is 17.4 Å². The molecular formula is C40H35N3S2. The predicted octanol–water partition coefficient (Wildman–Crippen LogP) is 12.4. The van der Waals surface area contributed by atoms with Crippen LogP contribution < -0.4 is 0 Å². The van der Waals surface area contributed by atoms with Crippen molar-refractivity contribution in [2.45, 2.75) is 47.0 Å². The molecule has 0 amide bonds. The van der Waals surface area contributed by atoms with E-state index in [1.807, 2.05) is 78.4 Å². The van der Waals surface area contributed by atoms with Crippen LogP contribution in [0.3, 0.4) is 0 Å². The van der Waals surface area contributed by atoms with Crippen molar-refractivity contribution in [2.24, 2.45) is 15.0 Å². The SMILES string of the molecule is CC=Nc1ccc(N=Cc2ccc(/N=C/c3ccc4c(C5=C(c6c(C)sc7cc(C)ccc67)CCC5)c(C)sc4c3)cc2)cc1. The van der Waals surface area contributed by atoms with E-state index in [2.05, 4.69) is 79.3 Å². The lowest BCUT2D eigenvalue weighted by molar-refractivity contribution is 0.942. The normalized spacial score (nSPS) is 14.0. The maximum atomic E-state index is 4.78. The van der Waals surface area contributed by atoms with Gasteiger partial charge >= 0.3 is 0 Å². The topological polar surface area (TPSA) is 37.1 Å². The monoisotopic (exact) mass is 621 g/mol. The Morgan fingerprint density at radius 2 is 1.04 bits per heavy atom. The van der Waals surface area contributed by atoms with Gasteiger partial charge in [-0.3, -0.25) is 15.0 Å². The van der Waals surface area contributed by atoms with Gasteiger partial charge in [-0.2, -0.15) is 0 Å². The molecule has 1 aliphatic rings. The van der Waals surface area contributed by atoms with Gasteiger partial charge in [-0.25, -0.2) is 0 Å². The second kappa shape index (κ2) is 12.5. The van der Waals surface area contributed by atoms with Crippen LogP contribution >= 0.6 is 22.7 Å². The van der Waals surface area contributed by atoms with Crippen molar-refractivity contribution in [1.82, 2.24) is 0 Å². The van der Waals surface area contributed by atoms with Crippen LogP contribution in [0.15, 0.2) is 99.9 Å². The molecule has 45 heavy (non-hydrogen) atoms. The van der Waals surface area contributed by atoms with Crippen molar-refractivity contribution in [1.29, 1.82) is 0 Å². The molecule has 2 heterocycles. The Bertz CT molecular complexity index is 2150. The first-order chi connectivity index (χ1) is 22.0. The summed E-state index contributed by atoms with van der Waals surface area (Å²) in [5.41, 5.74) is 12.3. The molecule has 0 atom stereocenters. The number of aliphatic imine (C=N–C) groups is 3. The number of hydrogen-bond donors (Lipinski definition) is 0. The average molecular weight is 622 g/mol. The Kier molecular flexibility index (Phi) is 8.14. The third-order valence-electron chi connectivity index (χ3n) is 8.48. The van der Waals surface area contributed by atoms with Gasteiger partial charge in [-0.15, -0.1) is 22.7 Å². The molecule has 0 saturated heterocycles. The summed E-state index contributed by atoms with van der Waals surface area (Å²) in [6, 6.07) is 29.8. The van der Waals surface area contributed by atoms with E-state index >= 15 is 0 Å². The number of thiophene rings is 2. The smallest absolute Gasteiger partial charge is 0.0631 e. The highest BCUT2D eigenvalue weighted by Gasteiger charge is 2.25. The maximum Gasteiger partial charge on any atom is 0.0631 e. The fourth-order valence-corrected chi connectivity index (χ4v) is 8.74. The molecule has 1 aliphatic carbocycles. The van der Waals surface area contributed by atoms with Gasteiger partial charge in [0.15, 0.2) is 0 Å². The van der Waals surface area contributed by atoms with Crippen LogP contribution in [0.4, 0.5) is 17.1 Å². The summed E-state index contributed by atoms with van der Waals surface area (Å²) >= 11 is 3.84. The van der Waals surface area contributed by atoms with Crippen LogP contribution in [0.25, 0.3) is 31.3 Å². The molecule has 0 spiro atoms. The van der Waals surface area contributed by atoms with Gasteiger partial charge in [0, 0.05) is 48.6 Å². The van der Waals surface area contributed by atoms with Gasteiger partial charge in [0.1, 0.15) is 0 Å². The Morgan fingerprint density at radius 3 is 1.64 bits per heavy atom. The largest absolute Gasteiger partial charge is 0.262 e. The van der Waals surface area contributed by atoms with Crippen LogP contribution in [0, 0.1) is 20.8 Å². The Hall–Kier alpha value is -4.45. The summed E-state index contributed by atoms with van der Waals surface area (Å²) in [5.74, 6) is 0. The lowest BCUT2D eigenvalue weighted by atomic mass is 9.93. The minimum atomic E-state index is 0.903. The highest BCUT2D eigenvalue weighted by Crippen LogP contribution is 2.49. The van der Waals surface area contributed by atoms with Crippen LogP contribution in [0.2, 0.25) is 0 Å². The van der Waals surface area contributed by atoms with Gasteiger partial charge in [0.2, 0.25) is 0 Å². The molecule has 0 radical (unpaired) electrons. The quantitative estimate of drug-likeness (QED) is 0.159. The zero-order valence-corrected chi connectivity index (χ0v) is 27.7. The van der Waals surface area contributed by atoms with E-state index in [0.29, 0.717) is 0 Å². The molecule has 5 heteroatoms. The lowest BCUT2D eigenvalue weighted by Gasteiger charge is -2.10. The standard InChI is InChI=1S/C40H35N3S2/c1-5-41-30-15-17-32(18-16-30)42-23-28-10-13-31(14-11-28)43-24-29-12-20-36-38(22-29)45-27(4)40(36)34-8-6-7-33(34)39-26(3)44-37-21-25(2)9-19-35(37)39/h5,9-24H,6-8H2,1-4H3/b41-5?,42-23?,43-24+. The second-order valence-corrected chi connectivity index (χ2v) is 14.2. The molecule has 6 aromatic rings. The highest BCUT2D eigenvalue weighted by atomic mass is 32.1. The van der Waals surface area contributed by atoms with Crippen molar-refractivity contribution in [3.63, 3.8) is 0 Å². The third-order valence-corrected chi connectivity index (χ3v) is 10.6. The van der Waals surface area contributed by atoms with Crippen molar-refractivity contribution < 1.29 is 0 Å². The summed E-state index contributed by atoms with van der Waals surface area (Å²) < 4.78 is 2.73. The van der Waals surface area contributed by atoms with E-state index in [9.17, 15) is 0 Å². The molecular weight excluding hydrogens is 587 g/mol. The molecule has 3 nitrogen and oxygen atoms in total. The van der Waals surface area contributed by atoms with E-state index in [-0.39, 0.29) is 0 Å². The van der Waals surface area contributed by atoms with Crippen LogP contribution in [0.1, 0.15) is 63.8 Å². The van der Waals surface area contributed by atoms with Crippen LogP contribution in [-0.4, -0.2) is 18.6 Å². The highest BCUT2D eigenvalue weighted by molar-refractivity contribution is 7.19. The zero-order chi connectivity index (χ0) is 30.9. The number of rotatable bonds is 7. The van der Waals surface area contributed by atoms with Gasteiger partial charge in [-0.05, 0) is 134 Å². The number of allylic oxidation sites excluding steroid dienone is 2. The molecule has 0 bridgehead atoms. The second-order valence-electron chi connectivity index (χ2n) is 11.6. The van der Waals surface area contributed by atoms with Gasteiger partial charge in [0.05, 0.1) is 17.1 Å². The van der Waals surface area contributed by atoms with E-state index in [0.717, 1.165) is 41.0 Å². The van der Waals surface area contributed by atoms with Crippen LogP contribution in [0.5, 0.6) is 0 Å². The summed E-state index contributed by atoms with van der Waals surface area (Å²) in [6.45, 7) is 8.69. The van der Waals surface area contributed by atoms with E-state index < -0.39 is 0 Å². The molecule has 2 aromatic heterocycles. The van der Waals surface area contributed by atoms with E-state index in [1.165, 1.54) is 53.0 Å². The van der Waals surface area contributed by atoms with Gasteiger partial charge in [-0.1, -0.05) is 36.4 Å². The number of fused-ring (bicyclic) bond motifs is 2. The Balaban J connectivity index is 1.12. The van der Waals surface area contributed by atoms with Crippen LogP contribution in [-0.2, 0) is 0 Å². The number of aryl methyl sites for hydroxylation is 3. The summed E-state index contributed by atoms with van der Waals surface area (Å²) in [5, 5.41) is 2.79.